The number of Topliss-reactive ketones (excluding diaryl/α,β-unsaturated/α-hetero) is 1. The Morgan fingerprint density at radius 3 is 1.10 bits per heavy atom. The second-order valence-electron chi connectivity index (χ2n) is 24.0. The van der Waals surface area contributed by atoms with Crippen LogP contribution in [0.3, 0.4) is 0 Å². The van der Waals surface area contributed by atoms with Gasteiger partial charge in [0.2, 0.25) is 17.6 Å². The summed E-state index contributed by atoms with van der Waals surface area (Å²) in [6, 6.07) is 27.3. The van der Waals surface area contributed by atoms with Crippen LogP contribution < -0.4 is 10.6 Å². The number of ether oxygens (including phenoxy) is 1. The fourth-order valence-corrected chi connectivity index (χ4v) is 15.7. The average Bonchev–Trinajstić information content (AvgIpc) is 2.39. The molecule has 2 N–H and O–H groups in total. The summed E-state index contributed by atoms with van der Waals surface area (Å²) in [6.45, 7) is 1.94. The average molecular weight is 1180 g/mol. The van der Waals surface area contributed by atoms with Crippen LogP contribution in [0.4, 0.5) is 24.8 Å². The zero-order chi connectivity index (χ0) is 58.2. The van der Waals surface area contributed by atoms with Crippen molar-refractivity contribution in [1.82, 2.24) is 24.9 Å². The van der Waals surface area contributed by atoms with Gasteiger partial charge >= 0.3 is 5.97 Å². The monoisotopic (exact) mass is 1170 g/mol. The van der Waals surface area contributed by atoms with E-state index < -0.39 is 5.97 Å². The van der Waals surface area contributed by atoms with Crippen LogP contribution in [0.1, 0.15) is 118 Å². The maximum Gasteiger partial charge on any atom is 0.374 e. The molecule has 6 aliphatic carbocycles. The predicted molar refractivity (Wildman–Crippen MR) is 318 cm³/mol. The first kappa shape index (κ1) is 57.1. The van der Waals surface area contributed by atoms with Gasteiger partial charge in [-0.3, -0.25) is 29.3 Å². The zero-order valence-electron chi connectivity index (χ0n) is 46.4. The molecule has 0 aliphatic heterocycles. The molecule has 5 heterocycles. The third-order valence-electron chi connectivity index (χ3n) is 19.1. The first-order valence-corrected chi connectivity index (χ1v) is 30.1. The third-order valence-corrected chi connectivity index (χ3v) is 19.6. The van der Waals surface area contributed by atoms with E-state index in [4.69, 9.17) is 27.9 Å². The molecule has 17 heteroatoms. The number of hydrogen-bond donors (Lipinski definition) is 2. The first-order chi connectivity index (χ1) is 40.7. The molecule has 3 aromatic carbocycles. The molecule has 0 spiro atoms. The van der Waals surface area contributed by atoms with Gasteiger partial charge in [-0.15, -0.1) is 0 Å². The van der Waals surface area contributed by atoms with Crippen LogP contribution in [0.25, 0.3) is 32.7 Å². The van der Waals surface area contributed by atoms with Crippen molar-refractivity contribution in [3.63, 3.8) is 0 Å². The van der Waals surface area contributed by atoms with E-state index in [-0.39, 0.29) is 59.4 Å². The Morgan fingerprint density at radius 1 is 0.452 bits per heavy atom. The SMILES string of the molecule is CCOC(=O)C(=O)C1C[C@@H]2CC(c3ccnc4ccc(F)cc34)C[C@@H]2C1.O=C(Nc1ccc(Cl)cn1)C1C[C@@H]2CC(c3ccnc4ccc(F)cc34)C[C@@H]2C1.O=C(Nc1ccc(Cl)cn1)C1C[C@@H]2CC(c3ccnc4ccc(F)cc34)C[C@@H]2C1. The number of nitrogens with one attached hydrogen (secondary N) is 2. The highest BCUT2D eigenvalue weighted by molar-refractivity contribution is 6.34. The number of rotatable bonds is 10. The Labute approximate surface area is 495 Å². The maximum absolute atomic E-state index is 13.8. The second kappa shape index (κ2) is 24.7. The molecule has 0 saturated heterocycles. The number of halogens is 5. The predicted octanol–water partition coefficient (Wildman–Crippen LogP) is 15.2. The van der Waals surface area contributed by atoms with E-state index in [9.17, 15) is 32.3 Å². The molecule has 6 unspecified atom stereocenters. The lowest BCUT2D eigenvalue weighted by atomic mass is 9.89. The van der Waals surface area contributed by atoms with Crippen LogP contribution in [-0.4, -0.2) is 55.1 Å². The normalized spacial score (nSPS) is 26.4. The van der Waals surface area contributed by atoms with Crippen molar-refractivity contribution in [2.75, 3.05) is 17.2 Å². The summed E-state index contributed by atoms with van der Waals surface area (Å²) >= 11 is 11.7. The van der Waals surface area contributed by atoms with E-state index in [0.717, 1.165) is 115 Å². The zero-order valence-corrected chi connectivity index (χ0v) is 47.9. The molecule has 6 saturated carbocycles. The van der Waals surface area contributed by atoms with Crippen LogP contribution in [0.5, 0.6) is 0 Å². The summed E-state index contributed by atoms with van der Waals surface area (Å²) in [4.78, 5) is 70.6. The van der Waals surface area contributed by atoms with Crippen LogP contribution in [-0.2, 0) is 23.9 Å². The molecule has 0 radical (unpaired) electrons. The van der Waals surface area contributed by atoms with Gasteiger partial charge in [-0.2, -0.15) is 0 Å². The second-order valence-corrected chi connectivity index (χ2v) is 24.9. The van der Waals surface area contributed by atoms with Gasteiger partial charge in [-0.05, 0) is 251 Å². The van der Waals surface area contributed by atoms with Crippen LogP contribution in [0.2, 0.25) is 10.0 Å². The fourth-order valence-electron chi connectivity index (χ4n) is 15.5. The summed E-state index contributed by atoms with van der Waals surface area (Å²) in [5, 5.41) is 9.65. The Hall–Kier alpha value is -7.36. The van der Waals surface area contributed by atoms with E-state index in [1.54, 1.807) is 73.8 Å². The Balaban J connectivity index is 0.000000124. The van der Waals surface area contributed by atoms with Crippen molar-refractivity contribution in [2.45, 2.75) is 102 Å². The number of carbonyl (C=O) groups excluding carboxylic acids is 4. The van der Waals surface area contributed by atoms with Crippen LogP contribution in [0.15, 0.2) is 128 Å². The molecule has 5 aromatic heterocycles. The molecule has 12 nitrogen and oxygen atoms in total. The summed E-state index contributed by atoms with van der Waals surface area (Å²) in [5.41, 5.74) is 6.03. The van der Waals surface area contributed by atoms with E-state index in [1.165, 1.54) is 41.7 Å². The largest absolute Gasteiger partial charge is 0.460 e. The molecule has 0 bridgehead atoms. The van der Waals surface area contributed by atoms with Gasteiger partial charge in [-0.1, -0.05) is 23.2 Å². The molecule has 8 aromatic rings. The minimum absolute atomic E-state index is 0.0232. The van der Waals surface area contributed by atoms with Gasteiger partial charge in [0, 0.05) is 64.9 Å². The van der Waals surface area contributed by atoms with Crippen molar-refractivity contribution >= 4 is 91.1 Å². The van der Waals surface area contributed by atoms with E-state index in [2.05, 4.69) is 35.6 Å². The maximum atomic E-state index is 13.8. The number of nitrogens with zero attached hydrogens (tertiary/aromatic N) is 5. The number of benzene rings is 3. The highest BCUT2D eigenvalue weighted by Crippen LogP contribution is 2.56. The molecule has 12 atom stereocenters. The van der Waals surface area contributed by atoms with Crippen LogP contribution >= 0.6 is 23.2 Å². The first-order valence-electron chi connectivity index (χ1n) is 29.4. The van der Waals surface area contributed by atoms with Crippen LogP contribution in [0, 0.1) is 70.7 Å². The van der Waals surface area contributed by atoms with E-state index in [1.807, 2.05) is 30.6 Å². The number of amides is 2. The topological polar surface area (TPSA) is 166 Å². The minimum Gasteiger partial charge on any atom is -0.460 e. The fraction of sp³-hybridized carbons (Fsp3) is 0.388. The number of fused-ring (bicyclic) bond motifs is 6. The molecule has 432 valence electrons. The number of pyridine rings is 5. The molecular formula is C67H64Cl2F3N7O5. The van der Waals surface area contributed by atoms with Crippen molar-refractivity contribution in [2.24, 2.45) is 53.3 Å². The van der Waals surface area contributed by atoms with E-state index >= 15 is 0 Å². The van der Waals surface area contributed by atoms with Crippen molar-refractivity contribution in [3.8, 4) is 0 Å². The van der Waals surface area contributed by atoms with Gasteiger partial charge in [-0.25, -0.2) is 27.9 Å². The molecule has 84 heavy (non-hydrogen) atoms. The van der Waals surface area contributed by atoms with Crippen molar-refractivity contribution in [3.05, 3.63) is 172 Å². The number of ketones is 1. The molecule has 6 aliphatic rings. The number of hydrogen-bond acceptors (Lipinski definition) is 10. The summed E-state index contributed by atoms with van der Waals surface area (Å²) in [7, 11) is 0. The van der Waals surface area contributed by atoms with Gasteiger partial charge < -0.3 is 15.4 Å². The third kappa shape index (κ3) is 12.4. The van der Waals surface area contributed by atoms with Gasteiger partial charge in [0.25, 0.3) is 0 Å². The Bertz CT molecular complexity index is 3570. The number of anilines is 2. The van der Waals surface area contributed by atoms with Gasteiger partial charge in [0.15, 0.2) is 0 Å². The molecular weight excluding hydrogens is 1110 g/mol. The number of esters is 1. The van der Waals surface area contributed by atoms with Gasteiger partial charge in [0.1, 0.15) is 29.1 Å². The lowest BCUT2D eigenvalue weighted by Gasteiger charge is -2.16. The quantitative estimate of drug-likeness (QED) is 0.0994. The Morgan fingerprint density at radius 2 is 0.786 bits per heavy atom. The summed E-state index contributed by atoms with van der Waals surface area (Å²) < 4.78 is 46.1. The van der Waals surface area contributed by atoms with Crippen molar-refractivity contribution < 1.29 is 37.1 Å². The summed E-state index contributed by atoms with van der Waals surface area (Å²) in [5.74, 6) is 3.45. The summed E-state index contributed by atoms with van der Waals surface area (Å²) in [6.07, 6.45) is 19.8. The Kier molecular flexibility index (Phi) is 16.8. The highest BCUT2D eigenvalue weighted by Gasteiger charge is 2.48. The number of carbonyl (C=O) groups is 4. The molecule has 14 rings (SSSR count). The smallest absolute Gasteiger partial charge is 0.374 e. The highest BCUT2D eigenvalue weighted by atomic mass is 35.5. The lowest BCUT2D eigenvalue weighted by molar-refractivity contribution is -0.155. The molecule has 2 amide bonds. The van der Waals surface area contributed by atoms with Crippen molar-refractivity contribution in [1.29, 1.82) is 0 Å². The standard InChI is InChI=1S/2C23H21ClFN3O.C21H22FNO3/c2*24-17-1-4-22(27-12-17)28-23(29)16-9-13-7-15(8-14(13)10-16)19-5-6-26-21-3-2-18(25)11-20(19)21;1-2-26-21(25)20(24)15-9-12-7-14(8-13(12)10-15)17-5-6-23-19-4-3-16(22)11-18(17)19/h2*1-6,11-16H,7-10H2,(H,27,28,29);3-6,11-15H,2,7-10H2,1H3/t2*13-,14+,15?,16?;12-,13+,14?,15?. The molecule has 6 fully saturated rings. The van der Waals surface area contributed by atoms with Gasteiger partial charge in [0.05, 0.1) is 33.2 Å². The lowest BCUT2D eigenvalue weighted by Crippen LogP contribution is -2.24. The van der Waals surface area contributed by atoms with E-state index in [0.29, 0.717) is 74.9 Å². The number of aromatic nitrogens is 5. The minimum atomic E-state index is -0.690.